The maximum atomic E-state index is 11.7. The second kappa shape index (κ2) is 5.07. The standard InChI is InChI=1S/C12H11N3O2/c16-11-4-3-10(8-14-11)12(17)15-7-9-2-1-5-13-6-9/h1-6,8H,7H2,(H,14,16)(H,15,17). The van der Waals surface area contributed by atoms with E-state index in [1.807, 2.05) is 12.1 Å². The normalized spacial score (nSPS) is 9.88. The summed E-state index contributed by atoms with van der Waals surface area (Å²) in [6.45, 7) is 0.409. The van der Waals surface area contributed by atoms with Crippen molar-refractivity contribution >= 4 is 5.91 Å². The van der Waals surface area contributed by atoms with Gasteiger partial charge in [-0.2, -0.15) is 0 Å². The Hall–Kier alpha value is -2.43. The molecule has 2 N–H and O–H groups in total. The van der Waals surface area contributed by atoms with Crippen LogP contribution in [0.15, 0.2) is 47.7 Å². The number of aromatic amines is 1. The minimum Gasteiger partial charge on any atom is -0.348 e. The van der Waals surface area contributed by atoms with E-state index in [1.54, 1.807) is 12.4 Å². The van der Waals surface area contributed by atoms with Crippen LogP contribution in [0.3, 0.4) is 0 Å². The minimum atomic E-state index is -0.231. The molecule has 0 aliphatic carbocycles. The second-order valence-corrected chi connectivity index (χ2v) is 3.49. The van der Waals surface area contributed by atoms with Crippen molar-refractivity contribution in [2.45, 2.75) is 6.54 Å². The van der Waals surface area contributed by atoms with Crippen LogP contribution in [-0.4, -0.2) is 15.9 Å². The Morgan fingerprint density at radius 1 is 1.35 bits per heavy atom. The third kappa shape index (κ3) is 3.01. The highest BCUT2D eigenvalue weighted by Gasteiger charge is 2.04. The van der Waals surface area contributed by atoms with Gasteiger partial charge in [0.05, 0.1) is 5.56 Å². The third-order valence-corrected chi connectivity index (χ3v) is 2.22. The zero-order valence-electron chi connectivity index (χ0n) is 9.01. The van der Waals surface area contributed by atoms with Crippen LogP contribution in [0.4, 0.5) is 0 Å². The van der Waals surface area contributed by atoms with Crippen molar-refractivity contribution in [2.24, 2.45) is 0 Å². The van der Waals surface area contributed by atoms with E-state index < -0.39 is 0 Å². The molecule has 0 unspecified atom stereocenters. The van der Waals surface area contributed by atoms with Gasteiger partial charge < -0.3 is 10.3 Å². The highest BCUT2D eigenvalue weighted by Crippen LogP contribution is 1.97. The van der Waals surface area contributed by atoms with E-state index in [0.29, 0.717) is 12.1 Å². The first-order valence-corrected chi connectivity index (χ1v) is 5.11. The molecular formula is C12H11N3O2. The van der Waals surface area contributed by atoms with Crippen molar-refractivity contribution in [1.29, 1.82) is 0 Å². The van der Waals surface area contributed by atoms with Crippen molar-refractivity contribution in [3.63, 3.8) is 0 Å². The molecule has 0 aliphatic heterocycles. The number of hydrogen-bond donors (Lipinski definition) is 2. The molecule has 1 amide bonds. The smallest absolute Gasteiger partial charge is 0.253 e. The number of aromatic nitrogens is 2. The summed E-state index contributed by atoms with van der Waals surface area (Å²) in [4.78, 5) is 28.9. The summed E-state index contributed by atoms with van der Waals surface area (Å²) in [6, 6.07) is 6.48. The number of nitrogens with zero attached hydrogens (tertiary/aromatic N) is 1. The van der Waals surface area contributed by atoms with Gasteiger partial charge in [-0.15, -0.1) is 0 Å². The molecule has 0 saturated heterocycles. The SMILES string of the molecule is O=C(NCc1cccnc1)c1ccc(=O)[nH]c1. The number of carbonyl (C=O) groups excluding carboxylic acids is 1. The van der Waals surface area contributed by atoms with E-state index in [2.05, 4.69) is 15.3 Å². The van der Waals surface area contributed by atoms with Gasteiger partial charge in [0.1, 0.15) is 0 Å². The molecule has 0 spiro atoms. The number of pyridine rings is 2. The maximum Gasteiger partial charge on any atom is 0.253 e. The molecule has 2 aromatic heterocycles. The molecule has 2 rings (SSSR count). The lowest BCUT2D eigenvalue weighted by atomic mass is 10.2. The zero-order chi connectivity index (χ0) is 12.1. The van der Waals surface area contributed by atoms with Crippen LogP contribution in [0.5, 0.6) is 0 Å². The summed E-state index contributed by atoms with van der Waals surface area (Å²) < 4.78 is 0. The molecule has 0 aromatic carbocycles. The highest BCUT2D eigenvalue weighted by atomic mass is 16.1. The molecule has 0 atom stereocenters. The number of H-pyrrole nitrogens is 1. The first-order chi connectivity index (χ1) is 8.25. The summed E-state index contributed by atoms with van der Waals surface area (Å²) in [6.07, 6.45) is 4.75. The Morgan fingerprint density at radius 3 is 2.88 bits per heavy atom. The molecule has 2 heterocycles. The summed E-state index contributed by atoms with van der Waals surface area (Å²) in [5, 5.41) is 2.73. The van der Waals surface area contributed by atoms with E-state index in [4.69, 9.17) is 0 Å². The monoisotopic (exact) mass is 229 g/mol. The van der Waals surface area contributed by atoms with Gasteiger partial charge in [-0.3, -0.25) is 14.6 Å². The van der Waals surface area contributed by atoms with Crippen LogP contribution in [0, 0.1) is 0 Å². The number of amides is 1. The largest absolute Gasteiger partial charge is 0.348 e. The summed E-state index contributed by atoms with van der Waals surface area (Å²) in [5.74, 6) is -0.231. The topological polar surface area (TPSA) is 74.8 Å². The zero-order valence-corrected chi connectivity index (χ0v) is 9.01. The molecule has 5 heteroatoms. The highest BCUT2D eigenvalue weighted by molar-refractivity contribution is 5.93. The molecule has 17 heavy (non-hydrogen) atoms. The van der Waals surface area contributed by atoms with Crippen LogP contribution in [0.25, 0.3) is 0 Å². The fraction of sp³-hybridized carbons (Fsp3) is 0.0833. The molecule has 0 fully saturated rings. The van der Waals surface area contributed by atoms with E-state index in [1.165, 1.54) is 18.3 Å². The van der Waals surface area contributed by atoms with E-state index >= 15 is 0 Å². The Bertz CT molecular complexity index is 543. The van der Waals surface area contributed by atoms with Gasteiger partial charge in [-0.1, -0.05) is 6.07 Å². The van der Waals surface area contributed by atoms with E-state index in [9.17, 15) is 9.59 Å². The molecule has 2 aromatic rings. The average Bonchev–Trinajstić information content (AvgIpc) is 2.38. The van der Waals surface area contributed by atoms with Crippen LogP contribution >= 0.6 is 0 Å². The molecule has 0 saturated carbocycles. The Balaban J connectivity index is 1.98. The van der Waals surface area contributed by atoms with Crippen molar-refractivity contribution in [1.82, 2.24) is 15.3 Å². The maximum absolute atomic E-state index is 11.7. The van der Waals surface area contributed by atoms with Gasteiger partial charge in [0, 0.05) is 31.2 Å². The number of rotatable bonds is 3. The van der Waals surface area contributed by atoms with Gasteiger partial charge in [0.2, 0.25) is 5.56 Å². The summed E-state index contributed by atoms with van der Waals surface area (Å²) in [7, 11) is 0. The van der Waals surface area contributed by atoms with Gasteiger partial charge in [0.25, 0.3) is 5.91 Å². The van der Waals surface area contributed by atoms with Crippen LogP contribution < -0.4 is 10.9 Å². The fourth-order valence-electron chi connectivity index (χ4n) is 1.34. The average molecular weight is 229 g/mol. The van der Waals surface area contributed by atoms with Gasteiger partial charge in [0.15, 0.2) is 0 Å². The lowest BCUT2D eigenvalue weighted by Crippen LogP contribution is -2.23. The first kappa shape index (κ1) is 11.1. The lowest BCUT2D eigenvalue weighted by Gasteiger charge is -2.04. The Labute approximate surface area is 97.5 Å². The van der Waals surface area contributed by atoms with Crippen LogP contribution in [0.2, 0.25) is 0 Å². The molecule has 0 aliphatic rings. The van der Waals surface area contributed by atoms with Gasteiger partial charge >= 0.3 is 0 Å². The molecular weight excluding hydrogens is 218 g/mol. The predicted molar refractivity (Wildman–Crippen MR) is 62.5 cm³/mol. The van der Waals surface area contributed by atoms with Crippen molar-refractivity contribution in [2.75, 3.05) is 0 Å². The summed E-state index contributed by atoms with van der Waals surface area (Å²) in [5.41, 5.74) is 1.12. The fourth-order valence-corrected chi connectivity index (χ4v) is 1.34. The minimum absolute atomic E-state index is 0.228. The summed E-state index contributed by atoms with van der Waals surface area (Å²) >= 11 is 0. The van der Waals surface area contributed by atoms with Crippen LogP contribution in [0.1, 0.15) is 15.9 Å². The number of hydrogen-bond acceptors (Lipinski definition) is 3. The van der Waals surface area contributed by atoms with E-state index in [0.717, 1.165) is 5.56 Å². The molecule has 0 radical (unpaired) electrons. The Kier molecular flexibility index (Phi) is 3.30. The van der Waals surface area contributed by atoms with Crippen molar-refractivity contribution in [3.05, 3.63) is 64.3 Å². The predicted octanol–water partition coefficient (Wildman–Crippen LogP) is 0.700. The third-order valence-electron chi connectivity index (χ3n) is 2.22. The first-order valence-electron chi connectivity index (χ1n) is 5.11. The quantitative estimate of drug-likeness (QED) is 0.813. The molecule has 0 bridgehead atoms. The van der Waals surface area contributed by atoms with Crippen LogP contribution in [-0.2, 0) is 6.54 Å². The van der Waals surface area contributed by atoms with Gasteiger partial charge in [-0.25, -0.2) is 0 Å². The van der Waals surface area contributed by atoms with Gasteiger partial charge in [-0.05, 0) is 17.7 Å². The molecule has 86 valence electrons. The molecule has 5 nitrogen and oxygen atoms in total. The lowest BCUT2D eigenvalue weighted by molar-refractivity contribution is 0.0950. The van der Waals surface area contributed by atoms with E-state index in [-0.39, 0.29) is 11.5 Å². The van der Waals surface area contributed by atoms with Crippen molar-refractivity contribution in [3.8, 4) is 0 Å². The van der Waals surface area contributed by atoms with Crippen molar-refractivity contribution < 1.29 is 4.79 Å². The number of carbonyl (C=O) groups is 1. The Morgan fingerprint density at radius 2 is 2.24 bits per heavy atom. The number of nitrogens with one attached hydrogen (secondary N) is 2. The second-order valence-electron chi connectivity index (χ2n) is 3.49.